The van der Waals surface area contributed by atoms with Gasteiger partial charge in [0.2, 0.25) is 0 Å². The number of hydrogen-bond acceptors (Lipinski definition) is 2. The first kappa shape index (κ1) is 17.6. The second-order valence-electron chi connectivity index (χ2n) is 6.28. The number of hydrogen-bond donors (Lipinski definition) is 0. The van der Waals surface area contributed by atoms with E-state index in [4.69, 9.17) is 0 Å². The van der Waals surface area contributed by atoms with Crippen LogP contribution < -0.4 is 0 Å². The average Bonchev–Trinajstić information content (AvgIpc) is 2.82. The van der Waals surface area contributed by atoms with Gasteiger partial charge in [-0.25, -0.2) is 0 Å². The number of alkyl halides is 6. The summed E-state index contributed by atoms with van der Waals surface area (Å²) in [4.78, 5) is 12.5. The molecule has 0 aliphatic carbocycles. The molecule has 0 N–H and O–H groups in total. The van der Waals surface area contributed by atoms with Gasteiger partial charge in [-0.2, -0.15) is 38.1 Å². The van der Waals surface area contributed by atoms with Gasteiger partial charge in [0, 0.05) is 22.0 Å². The van der Waals surface area contributed by atoms with E-state index in [1.807, 2.05) is 0 Å². The molecule has 0 saturated carbocycles. The zero-order chi connectivity index (χ0) is 17.7. The van der Waals surface area contributed by atoms with E-state index in [2.05, 4.69) is 0 Å². The summed E-state index contributed by atoms with van der Waals surface area (Å²) in [5, 5.41) is 0.566. The van der Waals surface area contributed by atoms with E-state index in [-0.39, 0.29) is 16.6 Å². The summed E-state index contributed by atoms with van der Waals surface area (Å²) < 4.78 is 77.4. The smallest absolute Gasteiger partial charge is 0.294 e. The predicted octanol–water partition coefficient (Wildman–Crippen LogP) is 5.58. The minimum absolute atomic E-state index is 0.0528. The van der Waals surface area contributed by atoms with Gasteiger partial charge in [-0.05, 0) is 43.9 Å². The highest BCUT2D eigenvalue weighted by Crippen LogP contribution is 2.47. The second-order valence-corrected chi connectivity index (χ2v) is 7.89. The lowest BCUT2D eigenvalue weighted by Gasteiger charge is -2.26. The standard InChI is InChI=1S/C16H14F6OS/c17-15(18,19)10-3-8(4-11(7-10)16(20,21)22)14(23)9-5-12-1-2-13(6-9)24-12/h3-4,7,9,12-13H,1-2,5-6H2. The molecule has 24 heavy (non-hydrogen) atoms. The Morgan fingerprint density at radius 3 is 1.75 bits per heavy atom. The first-order valence-corrected chi connectivity index (χ1v) is 8.47. The van der Waals surface area contributed by atoms with E-state index in [0.29, 0.717) is 25.0 Å². The molecule has 1 aromatic rings. The fourth-order valence-corrected chi connectivity index (χ4v) is 5.18. The number of thioether (sulfide) groups is 1. The molecule has 2 unspecified atom stereocenters. The summed E-state index contributed by atoms with van der Waals surface area (Å²) in [5.41, 5.74) is -3.36. The van der Waals surface area contributed by atoms with Gasteiger partial charge >= 0.3 is 12.4 Å². The molecule has 2 aliphatic heterocycles. The number of rotatable bonds is 2. The van der Waals surface area contributed by atoms with Gasteiger partial charge in [-0.15, -0.1) is 0 Å². The third-order valence-electron chi connectivity index (χ3n) is 4.53. The van der Waals surface area contributed by atoms with Crippen LogP contribution in [0.5, 0.6) is 0 Å². The van der Waals surface area contributed by atoms with Crippen molar-refractivity contribution >= 4 is 17.5 Å². The van der Waals surface area contributed by atoms with Crippen molar-refractivity contribution in [1.82, 2.24) is 0 Å². The molecule has 2 fully saturated rings. The molecule has 2 aliphatic rings. The van der Waals surface area contributed by atoms with Crippen molar-refractivity contribution in [1.29, 1.82) is 0 Å². The van der Waals surface area contributed by atoms with Gasteiger partial charge in [-0.3, -0.25) is 4.79 Å². The molecule has 2 saturated heterocycles. The van der Waals surface area contributed by atoms with Crippen LogP contribution in [-0.2, 0) is 12.4 Å². The van der Waals surface area contributed by atoms with E-state index in [1.165, 1.54) is 0 Å². The van der Waals surface area contributed by atoms with Crippen LogP contribution in [0, 0.1) is 5.92 Å². The highest BCUT2D eigenvalue weighted by atomic mass is 32.2. The SMILES string of the molecule is O=C(c1cc(C(F)(F)F)cc(C(F)(F)F)c1)C1CC2CCC(C1)S2. The number of carbonyl (C=O) groups excluding carboxylic acids is 1. The van der Waals surface area contributed by atoms with E-state index in [0.717, 1.165) is 12.8 Å². The van der Waals surface area contributed by atoms with Crippen LogP contribution in [0.25, 0.3) is 0 Å². The lowest BCUT2D eigenvalue weighted by atomic mass is 9.89. The predicted molar refractivity (Wildman–Crippen MR) is 77.9 cm³/mol. The molecule has 132 valence electrons. The lowest BCUT2D eigenvalue weighted by molar-refractivity contribution is -0.143. The fourth-order valence-electron chi connectivity index (χ4n) is 3.40. The topological polar surface area (TPSA) is 17.1 Å². The quantitative estimate of drug-likeness (QED) is 0.501. The molecule has 0 spiro atoms. The number of halogens is 6. The van der Waals surface area contributed by atoms with Crippen molar-refractivity contribution in [3.63, 3.8) is 0 Å². The third kappa shape index (κ3) is 3.58. The molecule has 8 heteroatoms. The molecule has 2 bridgehead atoms. The van der Waals surface area contributed by atoms with Crippen molar-refractivity contribution < 1.29 is 31.1 Å². The summed E-state index contributed by atoms with van der Waals surface area (Å²) >= 11 is 1.77. The van der Waals surface area contributed by atoms with Crippen LogP contribution >= 0.6 is 11.8 Å². The van der Waals surface area contributed by atoms with Gasteiger partial charge in [0.1, 0.15) is 0 Å². The number of fused-ring (bicyclic) bond motifs is 2. The van der Waals surface area contributed by atoms with Crippen LogP contribution in [0.4, 0.5) is 26.3 Å². The molecular weight excluding hydrogens is 354 g/mol. The Kier molecular flexibility index (Phi) is 4.38. The van der Waals surface area contributed by atoms with Crippen LogP contribution in [0.3, 0.4) is 0 Å². The highest BCUT2D eigenvalue weighted by Gasteiger charge is 2.41. The van der Waals surface area contributed by atoms with Gasteiger partial charge in [0.05, 0.1) is 11.1 Å². The molecule has 2 atom stereocenters. The zero-order valence-corrected chi connectivity index (χ0v) is 13.2. The van der Waals surface area contributed by atoms with Crippen molar-refractivity contribution in [2.45, 2.75) is 48.5 Å². The van der Waals surface area contributed by atoms with Gasteiger partial charge in [0.25, 0.3) is 0 Å². The summed E-state index contributed by atoms with van der Waals surface area (Å²) in [5.74, 6) is -1.10. The number of benzene rings is 1. The van der Waals surface area contributed by atoms with Crippen molar-refractivity contribution in [3.8, 4) is 0 Å². The molecule has 3 rings (SSSR count). The molecule has 0 radical (unpaired) electrons. The Labute approximate surface area is 138 Å². The fraction of sp³-hybridized carbons (Fsp3) is 0.562. The monoisotopic (exact) mass is 368 g/mol. The maximum atomic E-state index is 12.9. The van der Waals surface area contributed by atoms with Gasteiger partial charge in [-0.1, -0.05) is 0 Å². The Morgan fingerprint density at radius 2 is 1.33 bits per heavy atom. The largest absolute Gasteiger partial charge is 0.416 e. The minimum Gasteiger partial charge on any atom is -0.294 e. The van der Waals surface area contributed by atoms with Crippen molar-refractivity contribution in [2.24, 2.45) is 5.92 Å². The van der Waals surface area contributed by atoms with E-state index in [9.17, 15) is 31.1 Å². The first-order chi connectivity index (χ1) is 11.0. The second kappa shape index (κ2) is 5.97. The number of Topliss-reactive ketones (excluding diaryl/α,β-unsaturated/α-hetero) is 1. The van der Waals surface area contributed by atoms with Crippen LogP contribution in [-0.4, -0.2) is 16.3 Å². The maximum absolute atomic E-state index is 12.9. The Balaban J connectivity index is 1.95. The summed E-state index contributed by atoms with van der Waals surface area (Å²) in [6.07, 6.45) is -6.91. The lowest BCUT2D eigenvalue weighted by Crippen LogP contribution is -2.25. The molecule has 2 heterocycles. The van der Waals surface area contributed by atoms with E-state index in [1.54, 1.807) is 11.8 Å². The molecular formula is C16H14F6OS. The molecule has 0 amide bonds. The van der Waals surface area contributed by atoms with Crippen LogP contribution in [0.15, 0.2) is 18.2 Å². The Hall–Kier alpha value is -1.18. The van der Waals surface area contributed by atoms with Crippen LogP contribution in [0.1, 0.15) is 47.2 Å². The Morgan fingerprint density at radius 1 is 0.875 bits per heavy atom. The minimum atomic E-state index is -4.93. The highest BCUT2D eigenvalue weighted by molar-refractivity contribution is 8.00. The van der Waals surface area contributed by atoms with Crippen molar-refractivity contribution in [3.05, 3.63) is 34.9 Å². The summed E-state index contributed by atoms with van der Waals surface area (Å²) in [7, 11) is 0. The normalized spacial score (nSPS) is 27.3. The third-order valence-corrected chi connectivity index (χ3v) is 6.16. The first-order valence-electron chi connectivity index (χ1n) is 7.53. The number of carbonyl (C=O) groups is 1. The van der Waals surface area contributed by atoms with E-state index < -0.39 is 40.7 Å². The summed E-state index contributed by atoms with van der Waals surface area (Å²) in [6.45, 7) is 0. The average molecular weight is 368 g/mol. The maximum Gasteiger partial charge on any atom is 0.416 e. The molecule has 1 aromatic carbocycles. The van der Waals surface area contributed by atoms with Crippen LogP contribution in [0.2, 0.25) is 0 Å². The molecule has 0 aromatic heterocycles. The molecule has 1 nitrogen and oxygen atoms in total. The van der Waals surface area contributed by atoms with Gasteiger partial charge in [0.15, 0.2) is 5.78 Å². The summed E-state index contributed by atoms with van der Waals surface area (Å²) in [6, 6.07) is 1.14. The van der Waals surface area contributed by atoms with Gasteiger partial charge < -0.3 is 0 Å². The number of ketones is 1. The van der Waals surface area contributed by atoms with E-state index >= 15 is 0 Å². The zero-order valence-electron chi connectivity index (χ0n) is 12.4. The Bertz CT molecular complexity index is 607. The van der Waals surface area contributed by atoms with Crippen molar-refractivity contribution in [2.75, 3.05) is 0 Å².